The summed E-state index contributed by atoms with van der Waals surface area (Å²) in [4.78, 5) is 27.1. The molecule has 0 radical (unpaired) electrons. The number of nitrogens with one attached hydrogen (secondary N) is 1. The van der Waals surface area contributed by atoms with Gasteiger partial charge in [-0.15, -0.1) is 0 Å². The number of allylic oxidation sites excluding steroid dienone is 2. The number of nitrogens with two attached hydrogens (primary N) is 1. The Morgan fingerprint density at radius 3 is 2.44 bits per heavy atom. The Balaban J connectivity index is 1.33. The van der Waals surface area contributed by atoms with E-state index in [1.807, 2.05) is 0 Å². The molecule has 41 heavy (non-hydrogen) atoms. The SMILES string of the molecule is CC1(C)CC[C@]2(C(=O)C3CCOC3=O)CC[C@]3(C)C(=CCC4[C@@]5(C)Cc6c(N)n[nH]c6C(C)(C)C5CC[C@]43C)C2C1. The fourth-order valence-corrected chi connectivity index (χ4v) is 12.2. The molecular formula is C35H51N3O3. The van der Waals surface area contributed by atoms with Crippen LogP contribution in [0.4, 0.5) is 5.82 Å². The lowest BCUT2D eigenvalue weighted by atomic mass is 9.33. The smallest absolute Gasteiger partial charge is 0.316 e. The van der Waals surface area contributed by atoms with Crippen molar-refractivity contribution in [3.8, 4) is 0 Å². The highest BCUT2D eigenvalue weighted by molar-refractivity contribution is 6.03. The molecule has 3 saturated carbocycles. The Labute approximate surface area is 246 Å². The Kier molecular flexibility index (Phi) is 5.60. The highest BCUT2D eigenvalue weighted by Gasteiger charge is 2.69. The lowest BCUT2D eigenvalue weighted by molar-refractivity contribution is -0.169. The van der Waals surface area contributed by atoms with Crippen molar-refractivity contribution in [3.05, 3.63) is 22.9 Å². The molecule has 8 atom stereocenters. The third-order valence-electron chi connectivity index (χ3n) is 14.6. The van der Waals surface area contributed by atoms with Gasteiger partial charge in [-0.3, -0.25) is 14.7 Å². The Morgan fingerprint density at radius 1 is 1.00 bits per heavy atom. The Morgan fingerprint density at radius 2 is 1.73 bits per heavy atom. The topological polar surface area (TPSA) is 98.1 Å². The second-order valence-corrected chi connectivity index (χ2v) is 17.1. The minimum atomic E-state index is -0.566. The molecule has 5 aliphatic carbocycles. The number of hydrogen-bond donors (Lipinski definition) is 2. The van der Waals surface area contributed by atoms with E-state index < -0.39 is 11.3 Å². The molecule has 6 heteroatoms. The summed E-state index contributed by atoms with van der Waals surface area (Å²) in [6, 6.07) is 0. The predicted molar refractivity (Wildman–Crippen MR) is 160 cm³/mol. The fourth-order valence-electron chi connectivity index (χ4n) is 12.2. The molecular weight excluding hydrogens is 510 g/mol. The van der Waals surface area contributed by atoms with Crippen LogP contribution < -0.4 is 5.73 Å². The minimum absolute atomic E-state index is 0.00337. The van der Waals surface area contributed by atoms with Crippen LogP contribution in [0.1, 0.15) is 118 Å². The molecule has 0 aromatic carbocycles. The molecule has 1 aliphatic heterocycles. The first kappa shape index (κ1) is 27.7. The summed E-state index contributed by atoms with van der Waals surface area (Å²) in [6.45, 7) is 17.7. The molecule has 1 aromatic heterocycles. The molecule has 6 nitrogen and oxygen atoms in total. The number of ether oxygens (including phenoxy) is 1. The van der Waals surface area contributed by atoms with Gasteiger partial charge in [-0.2, -0.15) is 5.10 Å². The number of aromatic nitrogens is 2. The summed E-state index contributed by atoms with van der Waals surface area (Å²) in [7, 11) is 0. The normalized spacial score (nSPS) is 45.7. The number of ketones is 1. The van der Waals surface area contributed by atoms with Crippen LogP contribution in [-0.2, 0) is 26.2 Å². The second-order valence-electron chi connectivity index (χ2n) is 17.1. The number of cyclic esters (lactones) is 1. The zero-order valence-electron chi connectivity index (χ0n) is 26.4. The van der Waals surface area contributed by atoms with Crippen molar-refractivity contribution < 1.29 is 14.3 Å². The number of rotatable bonds is 2. The molecule has 4 fully saturated rings. The molecule has 0 amide bonds. The van der Waals surface area contributed by atoms with E-state index in [2.05, 4.69) is 64.7 Å². The molecule has 1 aromatic rings. The van der Waals surface area contributed by atoms with Gasteiger partial charge < -0.3 is 10.5 Å². The molecule has 1 saturated heterocycles. The van der Waals surface area contributed by atoms with Crippen LogP contribution >= 0.6 is 0 Å². The Bertz CT molecular complexity index is 1360. The number of carbonyl (C=O) groups is 2. The summed E-state index contributed by atoms with van der Waals surface area (Å²) < 4.78 is 5.32. The van der Waals surface area contributed by atoms with Crippen molar-refractivity contribution in [1.29, 1.82) is 0 Å². The van der Waals surface area contributed by atoms with Crippen molar-refractivity contribution in [1.82, 2.24) is 10.2 Å². The largest absolute Gasteiger partial charge is 0.465 e. The summed E-state index contributed by atoms with van der Waals surface area (Å²) in [5, 5.41) is 7.81. The van der Waals surface area contributed by atoms with Gasteiger partial charge in [0.25, 0.3) is 0 Å². The molecule has 3 N–H and O–H groups in total. The molecule has 2 heterocycles. The monoisotopic (exact) mass is 561 g/mol. The van der Waals surface area contributed by atoms with Gasteiger partial charge in [0, 0.05) is 28.5 Å². The number of nitrogens with zero attached hydrogens (tertiary/aromatic N) is 1. The van der Waals surface area contributed by atoms with E-state index in [0.29, 0.717) is 30.7 Å². The van der Waals surface area contributed by atoms with E-state index in [0.717, 1.165) is 44.9 Å². The highest BCUT2D eigenvalue weighted by Crippen LogP contribution is 2.75. The van der Waals surface area contributed by atoms with Crippen molar-refractivity contribution in [2.45, 2.75) is 118 Å². The quantitative estimate of drug-likeness (QED) is 0.232. The lowest BCUT2D eigenvalue weighted by Crippen LogP contribution is -2.65. The van der Waals surface area contributed by atoms with Gasteiger partial charge in [-0.1, -0.05) is 60.1 Å². The number of hydrogen-bond acceptors (Lipinski definition) is 5. The number of aromatic amines is 1. The van der Waals surface area contributed by atoms with Crippen LogP contribution in [0.15, 0.2) is 11.6 Å². The summed E-state index contributed by atoms with van der Waals surface area (Å²) in [5.74, 6) is 1.34. The number of carbonyl (C=O) groups excluding carboxylic acids is 2. The maximum absolute atomic E-state index is 14.4. The number of nitrogen functional groups attached to an aromatic ring is 1. The molecule has 224 valence electrons. The van der Waals surface area contributed by atoms with Crippen molar-refractivity contribution >= 4 is 17.6 Å². The van der Waals surface area contributed by atoms with Crippen molar-refractivity contribution in [3.63, 3.8) is 0 Å². The van der Waals surface area contributed by atoms with Crippen LogP contribution in [0.5, 0.6) is 0 Å². The predicted octanol–water partition coefficient (Wildman–Crippen LogP) is 6.94. The summed E-state index contributed by atoms with van der Waals surface area (Å²) in [6.07, 6.45) is 12.5. The van der Waals surface area contributed by atoms with Gasteiger partial charge >= 0.3 is 5.97 Å². The van der Waals surface area contributed by atoms with Gasteiger partial charge in [0.05, 0.1) is 6.61 Å². The zero-order chi connectivity index (χ0) is 29.4. The maximum atomic E-state index is 14.4. The van der Waals surface area contributed by atoms with Gasteiger partial charge in [0.15, 0.2) is 5.78 Å². The van der Waals surface area contributed by atoms with Gasteiger partial charge in [-0.25, -0.2) is 0 Å². The van der Waals surface area contributed by atoms with Crippen molar-refractivity contribution in [2.24, 2.45) is 50.7 Å². The molecule has 7 rings (SSSR count). The number of esters is 1. The molecule has 0 spiro atoms. The first-order valence-corrected chi connectivity index (χ1v) is 16.4. The van der Waals surface area contributed by atoms with E-state index in [9.17, 15) is 9.59 Å². The van der Waals surface area contributed by atoms with Gasteiger partial charge in [-0.05, 0) is 97.2 Å². The van der Waals surface area contributed by atoms with Gasteiger partial charge in [0.1, 0.15) is 11.7 Å². The number of Topliss-reactive ketones (excluding diaryl/α,β-unsaturated/α-hetero) is 1. The van der Waals surface area contributed by atoms with E-state index in [4.69, 9.17) is 10.5 Å². The van der Waals surface area contributed by atoms with Crippen LogP contribution in [-0.4, -0.2) is 28.6 Å². The fraction of sp³-hybridized carbons (Fsp3) is 0.800. The first-order chi connectivity index (χ1) is 19.1. The zero-order valence-corrected chi connectivity index (χ0v) is 26.4. The minimum Gasteiger partial charge on any atom is -0.465 e. The Hall–Kier alpha value is -2.11. The van der Waals surface area contributed by atoms with Crippen LogP contribution in [0.3, 0.4) is 0 Å². The molecule has 4 unspecified atom stereocenters. The van der Waals surface area contributed by atoms with E-state index in [1.54, 1.807) is 5.57 Å². The van der Waals surface area contributed by atoms with E-state index in [-0.39, 0.29) is 44.7 Å². The van der Waals surface area contributed by atoms with Crippen LogP contribution in [0.25, 0.3) is 0 Å². The average Bonchev–Trinajstić information content (AvgIpc) is 3.49. The second kappa shape index (κ2) is 8.29. The number of anilines is 1. The van der Waals surface area contributed by atoms with E-state index >= 15 is 0 Å². The highest BCUT2D eigenvalue weighted by atomic mass is 16.5. The summed E-state index contributed by atoms with van der Waals surface area (Å²) >= 11 is 0. The lowest BCUT2D eigenvalue weighted by Gasteiger charge is -2.70. The van der Waals surface area contributed by atoms with Crippen molar-refractivity contribution in [2.75, 3.05) is 12.3 Å². The standard InChI is InChI=1S/C35H51N3O3/c1-30(2)13-15-35(27(39)20-11-17-41-29(20)40)16-14-33(6)22(23(35)19-30)8-9-25-32(5)18-21-26(37-38-28(21)36)31(3,4)24(32)10-12-34(25,33)7/h8,20,23-25H,9-19H2,1-7H3,(H3,36,37,38)/t20?,23?,24?,25?,32-,33+,34+,35-/m0/s1. The third-order valence-corrected chi connectivity index (χ3v) is 14.6. The van der Waals surface area contributed by atoms with Crippen LogP contribution in [0, 0.1) is 50.7 Å². The maximum Gasteiger partial charge on any atom is 0.316 e. The summed E-state index contributed by atoms with van der Waals surface area (Å²) in [5.41, 5.74) is 10.6. The van der Waals surface area contributed by atoms with Gasteiger partial charge in [0.2, 0.25) is 0 Å². The molecule has 6 aliphatic rings. The molecule has 0 bridgehead atoms. The first-order valence-electron chi connectivity index (χ1n) is 16.4. The number of H-pyrrole nitrogens is 1. The van der Waals surface area contributed by atoms with Crippen LogP contribution in [0.2, 0.25) is 0 Å². The third kappa shape index (κ3) is 3.34. The van der Waals surface area contributed by atoms with E-state index in [1.165, 1.54) is 24.1 Å². The average molecular weight is 562 g/mol. The number of fused-ring (bicyclic) bond motifs is 8.